The summed E-state index contributed by atoms with van der Waals surface area (Å²) in [7, 11) is 0. The Morgan fingerprint density at radius 2 is 2.00 bits per heavy atom. The minimum absolute atomic E-state index is 0.403. The molecule has 0 nitrogen and oxygen atoms in total. The van der Waals surface area contributed by atoms with Gasteiger partial charge in [-0.15, -0.1) is 18.2 Å². The molecule has 0 aromatic carbocycles. The second kappa shape index (κ2) is 7.67. The Hall–Kier alpha value is 0.0300. The average Bonchev–Trinajstić information content (AvgIpc) is 1.98. The maximum absolute atomic E-state index is 6.07. The van der Waals surface area contributed by atoms with Gasteiger partial charge >= 0.3 is 0 Å². The summed E-state index contributed by atoms with van der Waals surface area (Å²) in [6, 6.07) is 0. The van der Waals surface area contributed by atoms with Crippen molar-refractivity contribution in [1.82, 2.24) is 0 Å². The summed E-state index contributed by atoms with van der Waals surface area (Å²) >= 11 is 6.07. The molecule has 1 unspecified atom stereocenters. The van der Waals surface area contributed by atoms with E-state index < -0.39 is 0 Å². The van der Waals surface area contributed by atoms with E-state index in [1.165, 1.54) is 31.3 Å². The predicted molar refractivity (Wildman–Crippen MR) is 57.8 cm³/mol. The Labute approximate surface area is 82.0 Å². The zero-order chi connectivity index (χ0) is 9.40. The van der Waals surface area contributed by atoms with Crippen LogP contribution in [0, 0.1) is 0 Å². The number of hydrogen-bond acceptors (Lipinski definition) is 0. The molecule has 0 aliphatic rings. The maximum Gasteiger partial charge on any atom is 0.0336 e. The summed E-state index contributed by atoms with van der Waals surface area (Å²) in [5, 5.41) is 0.403. The summed E-state index contributed by atoms with van der Waals surface area (Å²) in [5.74, 6) is 0. The van der Waals surface area contributed by atoms with Gasteiger partial charge in [0, 0.05) is 5.38 Å². The third-order valence-corrected chi connectivity index (χ3v) is 2.41. The lowest BCUT2D eigenvalue weighted by atomic mass is 10.1. The molecule has 0 rings (SSSR count). The minimum Gasteiger partial charge on any atom is -0.123 e. The molecule has 0 aromatic heterocycles. The van der Waals surface area contributed by atoms with Crippen molar-refractivity contribution in [3.05, 3.63) is 12.2 Å². The lowest BCUT2D eigenvalue weighted by Crippen LogP contribution is -1.97. The van der Waals surface area contributed by atoms with Crippen molar-refractivity contribution in [2.24, 2.45) is 0 Å². The molecule has 0 aliphatic heterocycles. The van der Waals surface area contributed by atoms with Crippen LogP contribution in [0.15, 0.2) is 12.2 Å². The quantitative estimate of drug-likeness (QED) is 0.313. The highest BCUT2D eigenvalue weighted by Crippen LogP contribution is 2.15. The van der Waals surface area contributed by atoms with Crippen LogP contribution in [0.5, 0.6) is 0 Å². The number of unbranched alkanes of at least 4 members (excludes halogenated alkanes) is 1. The first-order chi connectivity index (χ1) is 5.66. The van der Waals surface area contributed by atoms with E-state index >= 15 is 0 Å². The first kappa shape index (κ1) is 12.0. The van der Waals surface area contributed by atoms with Gasteiger partial charge < -0.3 is 0 Å². The van der Waals surface area contributed by atoms with E-state index in [0.29, 0.717) is 5.38 Å². The predicted octanol–water partition coefficient (Wildman–Crippen LogP) is 4.53. The smallest absolute Gasteiger partial charge is 0.0336 e. The summed E-state index contributed by atoms with van der Waals surface area (Å²) < 4.78 is 0. The van der Waals surface area contributed by atoms with Gasteiger partial charge in [-0.2, -0.15) is 0 Å². The van der Waals surface area contributed by atoms with Crippen molar-refractivity contribution in [2.75, 3.05) is 0 Å². The Kier molecular flexibility index (Phi) is 7.69. The van der Waals surface area contributed by atoms with Crippen LogP contribution in [0.4, 0.5) is 0 Å². The minimum atomic E-state index is 0.403. The number of halogens is 1. The topological polar surface area (TPSA) is 0 Å². The molecule has 0 saturated heterocycles. The van der Waals surface area contributed by atoms with Crippen molar-refractivity contribution in [3.8, 4) is 0 Å². The number of hydrogen-bond donors (Lipinski definition) is 0. The highest BCUT2D eigenvalue weighted by Gasteiger charge is 2.01. The summed E-state index contributed by atoms with van der Waals surface area (Å²) in [6.07, 6.45) is 7.20. The second-order valence-electron chi connectivity index (χ2n) is 3.59. The molecule has 72 valence electrons. The fraction of sp³-hybridized carbons (Fsp3) is 0.818. The van der Waals surface area contributed by atoms with Crippen LogP contribution in [0.1, 0.15) is 52.4 Å². The standard InChI is InChI=1S/C11H21Cl/c1-4-7-11(12)9-6-5-8-10(2)3/h11H,2,4-9H2,1,3H3. The van der Waals surface area contributed by atoms with E-state index in [9.17, 15) is 0 Å². The largest absolute Gasteiger partial charge is 0.123 e. The molecule has 0 fully saturated rings. The SMILES string of the molecule is C=C(C)CCCCC(Cl)CCC. The third kappa shape index (κ3) is 8.13. The Morgan fingerprint density at radius 1 is 1.33 bits per heavy atom. The Balaban J connectivity index is 3.13. The van der Waals surface area contributed by atoms with Crippen LogP contribution in [0.2, 0.25) is 0 Å². The number of alkyl halides is 1. The van der Waals surface area contributed by atoms with Crippen LogP contribution >= 0.6 is 11.6 Å². The van der Waals surface area contributed by atoms with E-state index in [0.717, 1.165) is 12.8 Å². The summed E-state index contributed by atoms with van der Waals surface area (Å²) in [4.78, 5) is 0. The second-order valence-corrected chi connectivity index (χ2v) is 4.21. The molecule has 0 heterocycles. The molecule has 0 bridgehead atoms. The van der Waals surface area contributed by atoms with Crippen LogP contribution in [-0.4, -0.2) is 5.38 Å². The van der Waals surface area contributed by atoms with E-state index in [2.05, 4.69) is 20.4 Å². The first-order valence-corrected chi connectivity index (χ1v) is 5.39. The molecule has 1 atom stereocenters. The molecular weight excluding hydrogens is 168 g/mol. The lowest BCUT2D eigenvalue weighted by Gasteiger charge is -2.06. The van der Waals surface area contributed by atoms with Gasteiger partial charge in [0.05, 0.1) is 0 Å². The zero-order valence-electron chi connectivity index (χ0n) is 8.41. The molecule has 1 heteroatoms. The number of rotatable bonds is 7. The fourth-order valence-corrected chi connectivity index (χ4v) is 1.62. The van der Waals surface area contributed by atoms with Crippen molar-refractivity contribution in [1.29, 1.82) is 0 Å². The first-order valence-electron chi connectivity index (χ1n) is 4.95. The Bertz CT molecular complexity index is 118. The van der Waals surface area contributed by atoms with E-state index in [1.807, 2.05) is 0 Å². The third-order valence-electron chi connectivity index (χ3n) is 1.97. The van der Waals surface area contributed by atoms with Crippen LogP contribution in [0.3, 0.4) is 0 Å². The normalized spacial score (nSPS) is 12.9. The van der Waals surface area contributed by atoms with Crippen LogP contribution in [-0.2, 0) is 0 Å². The molecular formula is C11H21Cl. The van der Waals surface area contributed by atoms with Crippen molar-refractivity contribution < 1.29 is 0 Å². The van der Waals surface area contributed by atoms with E-state index in [-0.39, 0.29) is 0 Å². The summed E-state index contributed by atoms with van der Waals surface area (Å²) in [5.41, 5.74) is 1.29. The monoisotopic (exact) mass is 188 g/mol. The van der Waals surface area contributed by atoms with Crippen molar-refractivity contribution >= 4 is 11.6 Å². The zero-order valence-corrected chi connectivity index (χ0v) is 9.16. The molecule has 0 spiro atoms. The van der Waals surface area contributed by atoms with Gasteiger partial charge in [0.15, 0.2) is 0 Å². The van der Waals surface area contributed by atoms with E-state index in [4.69, 9.17) is 11.6 Å². The Morgan fingerprint density at radius 3 is 2.50 bits per heavy atom. The molecule has 0 aromatic rings. The van der Waals surface area contributed by atoms with Crippen LogP contribution < -0.4 is 0 Å². The number of allylic oxidation sites excluding steroid dienone is 1. The van der Waals surface area contributed by atoms with Gasteiger partial charge in [-0.3, -0.25) is 0 Å². The molecule has 0 N–H and O–H groups in total. The molecule has 12 heavy (non-hydrogen) atoms. The van der Waals surface area contributed by atoms with Gasteiger partial charge in [-0.1, -0.05) is 25.3 Å². The highest BCUT2D eigenvalue weighted by molar-refractivity contribution is 6.20. The lowest BCUT2D eigenvalue weighted by molar-refractivity contribution is 0.613. The van der Waals surface area contributed by atoms with Crippen molar-refractivity contribution in [3.63, 3.8) is 0 Å². The molecule has 0 aliphatic carbocycles. The maximum atomic E-state index is 6.07. The van der Waals surface area contributed by atoms with Gasteiger partial charge in [-0.25, -0.2) is 0 Å². The highest BCUT2D eigenvalue weighted by atomic mass is 35.5. The molecule has 0 saturated carbocycles. The fourth-order valence-electron chi connectivity index (χ4n) is 1.25. The van der Waals surface area contributed by atoms with Crippen LogP contribution in [0.25, 0.3) is 0 Å². The molecule has 0 amide bonds. The van der Waals surface area contributed by atoms with Crippen molar-refractivity contribution in [2.45, 2.75) is 57.7 Å². The van der Waals surface area contributed by atoms with Gasteiger partial charge in [0.1, 0.15) is 0 Å². The summed E-state index contributed by atoms with van der Waals surface area (Å²) in [6.45, 7) is 8.15. The average molecular weight is 189 g/mol. The van der Waals surface area contributed by atoms with Gasteiger partial charge in [0.2, 0.25) is 0 Å². The molecule has 0 radical (unpaired) electrons. The van der Waals surface area contributed by atoms with Gasteiger partial charge in [-0.05, 0) is 32.6 Å². The van der Waals surface area contributed by atoms with E-state index in [1.54, 1.807) is 0 Å². The van der Waals surface area contributed by atoms with Gasteiger partial charge in [0.25, 0.3) is 0 Å².